The number of carbonyl (C=O) groups is 1. The van der Waals surface area contributed by atoms with Gasteiger partial charge in [0.25, 0.3) is 0 Å². The maximum Gasteiger partial charge on any atom is 0.238 e. The van der Waals surface area contributed by atoms with Gasteiger partial charge in [0, 0.05) is 13.1 Å². The molecule has 2 heterocycles. The molecule has 1 N–H and O–H groups in total. The Kier molecular flexibility index (Phi) is 4.45. The highest BCUT2D eigenvalue weighted by Crippen LogP contribution is 2.30. The van der Waals surface area contributed by atoms with E-state index in [1.807, 2.05) is 18.2 Å². The molecule has 126 valence electrons. The first-order valence-electron chi connectivity index (χ1n) is 7.58. The van der Waals surface area contributed by atoms with Crippen LogP contribution in [0.4, 0.5) is 0 Å². The Morgan fingerprint density at radius 2 is 2.04 bits per heavy atom. The Bertz CT molecular complexity index is 704. The fraction of sp³-hybridized carbons (Fsp3) is 0.533. The number of benzene rings is 1. The Morgan fingerprint density at radius 3 is 2.78 bits per heavy atom. The zero-order valence-electron chi connectivity index (χ0n) is 12.9. The summed E-state index contributed by atoms with van der Waals surface area (Å²) in [6, 6.07) is 4.89. The molecule has 1 atom stereocenters. The topological polar surface area (TPSA) is 84.9 Å². The van der Waals surface area contributed by atoms with Gasteiger partial charge in [-0.05, 0) is 30.5 Å². The fourth-order valence-corrected chi connectivity index (χ4v) is 4.03. The third-order valence-corrected chi connectivity index (χ3v) is 5.29. The van der Waals surface area contributed by atoms with Crippen molar-refractivity contribution >= 4 is 15.9 Å². The lowest BCUT2D eigenvalue weighted by atomic mass is 10.1. The summed E-state index contributed by atoms with van der Waals surface area (Å²) in [6.45, 7) is 1.77. The van der Waals surface area contributed by atoms with Crippen molar-refractivity contribution in [1.82, 2.24) is 9.62 Å². The number of ether oxygens (including phenoxy) is 2. The van der Waals surface area contributed by atoms with E-state index in [9.17, 15) is 13.2 Å². The number of hydrogen-bond donors (Lipinski definition) is 1. The molecule has 0 aliphatic carbocycles. The lowest BCUT2D eigenvalue weighted by Crippen LogP contribution is -2.45. The van der Waals surface area contributed by atoms with Crippen LogP contribution in [-0.4, -0.2) is 50.7 Å². The van der Waals surface area contributed by atoms with Crippen LogP contribution in [0.3, 0.4) is 0 Å². The molecular formula is C15H20N2O5S. The van der Waals surface area contributed by atoms with Crippen molar-refractivity contribution in [3.8, 4) is 11.5 Å². The number of fused-ring (bicyclic) bond motifs is 1. The van der Waals surface area contributed by atoms with E-state index in [0.717, 1.165) is 11.8 Å². The van der Waals surface area contributed by atoms with Gasteiger partial charge < -0.3 is 14.8 Å². The van der Waals surface area contributed by atoms with Gasteiger partial charge in [-0.1, -0.05) is 6.07 Å². The van der Waals surface area contributed by atoms with Gasteiger partial charge in [-0.2, -0.15) is 4.31 Å². The standard InChI is InChI=1S/C15H20N2O5S/c1-23(19,20)17-6-2-3-12(17)15(18)16-10-11-4-5-13-14(9-11)22-8-7-21-13/h4-5,9,12H,2-3,6-8,10H2,1H3,(H,16,18)/t12-/m0/s1. The smallest absolute Gasteiger partial charge is 0.238 e. The molecule has 1 aromatic rings. The highest BCUT2D eigenvalue weighted by Gasteiger charge is 2.36. The van der Waals surface area contributed by atoms with Crippen LogP contribution < -0.4 is 14.8 Å². The first kappa shape index (κ1) is 16.1. The van der Waals surface area contributed by atoms with E-state index in [1.54, 1.807) is 0 Å². The summed E-state index contributed by atoms with van der Waals surface area (Å²) in [5.74, 6) is 1.11. The maximum absolute atomic E-state index is 12.3. The van der Waals surface area contributed by atoms with E-state index in [1.165, 1.54) is 4.31 Å². The molecule has 0 bridgehead atoms. The SMILES string of the molecule is CS(=O)(=O)N1CCC[C@H]1C(=O)NCc1ccc2c(c1)OCCO2. The zero-order chi connectivity index (χ0) is 16.4. The molecule has 3 rings (SSSR count). The molecule has 0 unspecified atom stereocenters. The largest absolute Gasteiger partial charge is 0.486 e. The molecular weight excluding hydrogens is 320 g/mol. The molecule has 1 saturated heterocycles. The van der Waals surface area contributed by atoms with Crippen LogP contribution >= 0.6 is 0 Å². The number of sulfonamides is 1. The second kappa shape index (κ2) is 6.37. The van der Waals surface area contributed by atoms with Crippen LogP contribution in [-0.2, 0) is 21.4 Å². The number of nitrogens with zero attached hydrogens (tertiary/aromatic N) is 1. The van der Waals surface area contributed by atoms with Gasteiger partial charge in [0.2, 0.25) is 15.9 Å². The summed E-state index contributed by atoms with van der Waals surface area (Å²) >= 11 is 0. The van der Waals surface area contributed by atoms with Gasteiger partial charge in [0.15, 0.2) is 11.5 Å². The second-order valence-corrected chi connectivity index (χ2v) is 7.66. The number of hydrogen-bond acceptors (Lipinski definition) is 5. The van der Waals surface area contributed by atoms with Gasteiger partial charge in [-0.25, -0.2) is 8.42 Å². The average Bonchev–Trinajstić information content (AvgIpc) is 3.02. The number of rotatable bonds is 4. The molecule has 2 aliphatic heterocycles. The summed E-state index contributed by atoms with van der Waals surface area (Å²) in [5, 5.41) is 2.81. The predicted molar refractivity (Wildman–Crippen MR) is 83.9 cm³/mol. The van der Waals surface area contributed by atoms with E-state index < -0.39 is 16.1 Å². The molecule has 0 aromatic heterocycles. The molecule has 7 nitrogen and oxygen atoms in total. The van der Waals surface area contributed by atoms with E-state index in [-0.39, 0.29) is 5.91 Å². The minimum Gasteiger partial charge on any atom is -0.486 e. The third-order valence-electron chi connectivity index (χ3n) is 4.01. The van der Waals surface area contributed by atoms with E-state index >= 15 is 0 Å². The van der Waals surface area contributed by atoms with Gasteiger partial charge in [-0.15, -0.1) is 0 Å². The fourth-order valence-electron chi connectivity index (χ4n) is 2.90. The van der Waals surface area contributed by atoms with Gasteiger partial charge in [-0.3, -0.25) is 4.79 Å². The van der Waals surface area contributed by atoms with Crippen LogP contribution in [0.25, 0.3) is 0 Å². The summed E-state index contributed by atoms with van der Waals surface area (Å²) in [4.78, 5) is 12.3. The second-order valence-electron chi connectivity index (χ2n) is 5.73. The molecule has 1 aromatic carbocycles. The molecule has 0 saturated carbocycles. The monoisotopic (exact) mass is 340 g/mol. The molecule has 8 heteroatoms. The number of amides is 1. The molecule has 0 radical (unpaired) electrons. The van der Waals surface area contributed by atoms with E-state index in [2.05, 4.69) is 5.32 Å². The normalized spacial score (nSPS) is 21.2. The first-order valence-corrected chi connectivity index (χ1v) is 9.43. The molecule has 1 amide bonds. The van der Waals surface area contributed by atoms with Crippen molar-refractivity contribution in [3.05, 3.63) is 23.8 Å². The predicted octanol–water partition coefficient (Wildman–Crippen LogP) is 0.498. The number of carbonyl (C=O) groups excluding carboxylic acids is 1. The zero-order valence-corrected chi connectivity index (χ0v) is 13.8. The molecule has 0 spiro atoms. The van der Waals surface area contributed by atoms with Crippen molar-refractivity contribution in [2.45, 2.75) is 25.4 Å². The Labute approximate surface area is 135 Å². The summed E-state index contributed by atoms with van der Waals surface area (Å²) < 4.78 is 35.6. The van der Waals surface area contributed by atoms with Crippen LogP contribution in [0, 0.1) is 0 Å². The average molecular weight is 340 g/mol. The van der Waals surface area contributed by atoms with Crippen molar-refractivity contribution in [2.24, 2.45) is 0 Å². The van der Waals surface area contributed by atoms with Crippen molar-refractivity contribution < 1.29 is 22.7 Å². The minimum absolute atomic E-state index is 0.261. The Balaban J connectivity index is 1.63. The number of nitrogens with one attached hydrogen (secondary N) is 1. The summed E-state index contributed by atoms with van der Waals surface area (Å²) in [7, 11) is -3.36. The quantitative estimate of drug-likeness (QED) is 0.863. The summed E-state index contributed by atoms with van der Waals surface area (Å²) in [6.07, 6.45) is 2.40. The first-order chi connectivity index (χ1) is 10.9. The lowest BCUT2D eigenvalue weighted by molar-refractivity contribution is -0.124. The lowest BCUT2D eigenvalue weighted by Gasteiger charge is -2.22. The van der Waals surface area contributed by atoms with Crippen molar-refractivity contribution in [1.29, 1.82) is 0 Å². The van der Waals surface area contributed by atoms with E-state index in [0.29, 0.717) is 50.6 Å². The van der Waals surface area contributed by atoms with Gasteiger partial charge in [0.1, 0.15) is 19.3 Å². The van der Waals surface area contributed by atoms with Crippen LogP contribution in [0.15, 0.2) is 18.2 Å². The van der Waals surface area contributed by atoms with E-state index in [4.69, 9.17) is 9.47 Å². The minimum atomic E-state index is -3.36. The highest BCUT2D eigenvalue weighted by molar-refractivity contribution is 7.88. The van der Waals surface area contributed by atoms with Crippen molar-refractivity contribution in [3.63, 3.8) is 0 Å². The van der Waals surface area contributed by atoms with Crippen molar-refractivity contribution in [2.75, 3.05) is 26.0 Å². The molecule has 1 fully saturated rings. The van der Waals surface area contributed by atoms with Gasteiger partial charge in [0.05, 0.1) is 6.26 Å². The van der Waals surface area contributed by atoms with Crippen LogP contribution in [0.1, 0.15) is 18.4 Å². The van der Waals surface area contributed by atoms with Crippen LogP contribution in [0.2, 0.25) is 0 Å². The molecule has 2 aliphatic rings. The molecule has 23 heavy (non-hydrogen) atoms. The Hall–Kier alpha value is -1.80. The summed E-state index contributed by atoms with van der Waals surface area (Å²) in [5.41, 5.74) is 0.881. The Morgan fingerprint density at radius 1 is 1.30 bits per heavy atom. The highest BCUT2D eigenvalue weighted by atomic mass is 32.2. The van der Waals surface area contributed by atoms with Crippen LogP contribution in [0.5, 0.6) is 11.5 Å². The third kappa shape index (κ3) is 3.59. The van der Waals surface area contributed by atoms with Gasteiger partial charge >= 0.3 is 0 Å². The maximum atomic E-state index is 12.3.